The monoisotopic (exact) mass is 419 g/mol. The maximum atomic E-state index is 12.9. The molecule has 2 amide bonds. The summed E-state index contributed by atoms with van der Waals surface area (Å²) in [6.45, 7) is 4.23. The molecule has 1 heterocycles. The Labute approximate surface area is 172 Å². The van der Waals surface area contributed by atoms with Gasteiger partial charge in [-0.25, -0.2) is 8.42 Å². The molecule has 1 aromatic rings. The van der Waals surface area contributed by atoms with E-state index in [4.69, 9.17) is 0 Å². The smallest absolute Gasteiger partial charge is 0.253 e. The molecule has 1 aliphatic heterocycles. The summed E-state index contributed by atoms with van der Waals surface area (Å²) in [6.07, 6.45) is 2.85. The molecule has 1 N–H and O–H groups in total. The standard InChI is InChI=1S/C21H29N3O4S/c1-20(2)15-9-10-21(20)13-29(27,28)24(17(21)11-15)12-18(25)22-16-7-5-14(6-8-16)19(26)23(3)4/h5-8,15,17H,9-13H2,1-4H3,(H,22,25)/t15-,17-,21-/m1/s1. The van der Waals surface area contributed by atoms with Crippen molar-refractivity contribution in [2.75, 3.05) is 31.7 Å². The summed E-state index contributed by atoms with van der Waals surface area (Å²) >= 11 is 0. The molecular weight excluding hydrogens is 390 g/mol. The van der Waals surface area contributed by atoms with E-state index in [2.05, 4.69) is 19.2 Å². The van der Waals surface area contributed by atoms with Gasteiger partial charge in [-0.3, -0.25) is 9.59 Å². The van der Waals surface area contributed by atoms with Crippen molar-refractivity contribution in [2.45, 2.75) is 39.2 Å². The zero-order valence-corrected chi connectivity index (χ0v) is 18.3. The van der Waals surface area contributed by atoms with Crippen LogP contribution >= 0.6 is 0 Å². The Morgan fingerprint density at radius 2 is 1.86 bits per heavy atom. The Kier molecular flexibility index (Phi) is 4.59. The first kappa shape index (κ1) is 20.3. The number of sulfonamides is 1. The van der Waals surface area contributed by atoms with Crippen LogP contribution in [0.3, 0.4) is 0 Å². The van der Waals surface area contributed by atoms with Gasteiger partial charge >= 0.3 is 0 Å². The fourth-order valence-corrected chi connectivity index (χ4v) is 8.39. The number of carbonyl (C=O) groups is 2. The number of anilines is 1. The van der Waals surface area contributed by atoms with Gasteiger partial charge in [0.2, 0.25) is 15.9 Å². The van der Waals surface area contributed by atoms with Crippen molar-refractivity contribution in [3.63, 3.8) is 0 Å². The number of benzene rings is 1. The van der Waals surface area contributed by atoms with E-state index in [9.17, 15) is 18.0 Å². The maximum Gasteiger partial charge on any atom is 0.253 e. The third-order valence-corrected chi connectivity index (χ3v) is 9.63. The molecule has 1 aromatic carbocycles. The normalized spacial score (nSPS) is 31.4. The summed E-state index contributed by atoms with van der Waals surface area (Å²) < 4.78 is 27.3. The summed E-state index contributed by atoms with van der Waals surface area (Å²) in [6, 6.07) is 6.55. The van der Waals surface area contributed by atoms with Gasteiger partial charge in [0.1, 0.15) is 0 Å². The predicted octanol–water partition coefficient (Wildman–Crippen LogP) is 2.17. The zero-order chi connectivity index (χ0) is 21.2. The minimum Gasteiger partial charge on any atom is -0.345 e. The first-order valence-corrected chi connectivity index (χ1v) is 11.7. The van der Waals surface area contributed by atoms with Crippen LogP contribution in [0.1, 0.15) is 43.5 Å². The van der Waals surface area contributed by atoms with Crippen LogP contribution in [-0.2, 0) is 14.8 Å². The number of hydrogen-bond donors (Lipinski definition) is 1. The van der Waals surface area contributed by atoms with E-state index in [-0.39, 0.29) is 41.0 Å². The van der Waals surface area contributed by atoms with Crippen LogP contribution < -0.4 is 5.32 Å². The average Bonchev–Trinajstić information content (AvgIpc) is 3.11. The van der Waals surface area contributed by atoms with Crippen molar-refractivity contribution in [1.29, 1.82) is 0 Å². The summed E-state index contributed by atoms with van der Waals surface area (Å²) in [5.74, 6) is 0.214. The van der Waals surface area contributed by atoms with Crippen molar-refractivity contribution in [1.82, 2.24) is 9.21 Å². The molecule has 1 spiro atoms. The minimum absolute atomic E-state index is 0.00916. The Bertz CT molecular complexity index is 955. The number of carbonyl (C=O) groups excluding carboxylic acids is 2. The summed E-state index contributed by atoms with van der Waals surface area (Å²) in [5.41, 5.74) is 0.835. The van der Waals surface area contributed by atoms with Crippen LogP contribution in [0.5, 0.6) is 0 Å². The van der Waals surface area contributed by atoms with E-state index in [1.165, 1.54) is 9.21 Å². The van der Waals surface area contributed by atoms with Crippen LogP contribution in [0.2, 0.25) is 0 Å². The molecule has 0 radical (unpaired) electrons. The first-order chi connectivity index (χ1) is 13.5. The molecule has 158 valence electrons. The zero-order valence-electron chi connectivity index (χ0n) is 17.4. The fraction of sp³-hybridized carbons (Fsp3) is 0.619. The third-order valence-electron chi connectivity index (χ3n) is 7.65. The lowest BCUT2D eigenvalue weighted by atomic mass is 9.69. The SMILES string of the molecule is CN(C)C(=O)c1ccc(NC(=O)CN2[C@@H]3C[C@H]4CC[C@]3(CS2(=O)=O)C4(C)C)cc1. The molecule has 2 saturated carbocycles. The molecule has 0 unspecified atom stereocenters. The van der Waals surface area contributed by atoms with Gasteiger partial charge in [-0.1, -0.05) is 13.8 Å². The number of fused-ring (bicyclic) bond motifs is 1. The summed E-state index contributed by atoms with van der Waals surface area (Å²) in [4.78, 5) is 26.1. The lowest BCUT2D eigenvalue weighted by Crippen LogP contribution is -2.44. The van der Waals surface area contributed by atoms with Gasteiger partial charge in [-0.05, 0) is 54.9 Å². The van der Waals surface area contributed by atoms with Gasteiger partial charge in [0.25, 0.3) is 5.91 Å². The van der Waals surface area contributed by atoms with Crippen molar-refractivity contribution in [3.05, 3.63) is 29.8 Å². The molecule has 0 aromatic heterocycles. The quantitative estimate of drug-likeness (QED) is 0.810. The highest BCUT2D eigenvalue weighted by Crippen LogP contribution is 2.69. The number of nitrogens with one attached hydrogen (secondary N) is 1. The molecule has 2 bridgehead atoms. The predicted molar refractivity (Wildman–Crippen MR) is 111 cm³/mol. The van der Waals surface area contributed by atoms with Crippen LogP contribution in [0.25, 0.3) is 0 Å². The fourth-order valence-electron chi connectivity index (χ4n) is 5.88. The van der Waals surface area contributed by atoms with Gasteiger partial charge < -0.3 is 10.2 Å². The molecule has 3 aliphatic rings. The molecular formula is C21H29N3O4S. The summed E-state index contributed by atoms with van der Waals surface area (Å²) in [7, 11) is -0.0961. The second-order valence-electron chi connectivity index (χ2n) is 9.49. The molecule has 3 atom stereocenters. The average molecular weight is 420 g/mol. The second kappa shape index (κ2) is 6.54. The molecule has 2 aliphatic carbocycles. The van der Waals surface area contributed by atoms with Crippen LogP contribution in [-0.4, -0.2) is 61.9 Å². The van der Waals surface area contributed by atoms with Gasteiger partial charge in [0.05, 0.1) is 12.3 Å². The molecule has 4 rings (SSSR count). The first-order valence-electron chi connectivity index (χ1n) is 10.1. The summed E-state index contributed by atoms with van der Waals surface area (Å²) in [5, 5.41) is 2.77. The van der Waals surface area contributed by atoms with E-state index in [1.54, 1.807) is 38.4 Å². The van der Waals surface area contributed by atoms with Crippen molar-refractivity contribution < 1.29 is 18.0 Å². The highest BCUT2D eigenvalue weighted by molar-refractivity contribution is 7.89. The largest absolute Gasteiger partial charge is 0.345 e. The number of nitrogens with zero attached hydrogens (tertiary/aromatic N) is 2. The molecule has 1 saturated heterocycles. The highest BCUT2D eigenvalue weighted by Gasteiger charge is 2.71. The topological polar surface area (TPSA) is 86.8 Å². The highest BCUT2D eigenvalue weighted by atomic mass is 32.2. The van der Waals surface area contributed by atoms with Crippen LogP contribution in [0, 0.1) is 16.7 Å². The molecule has 8 heteroatoms. The Hall–Kier alpha value is -1.93. The lowest BCUT2D eigenvalue weighted by Gasteiger charge is -2.37. The van der Waals surface area contributed by atoms with Crippen LogP contribution in [0.4, 0.5) is 5.69 Å². The second-order valence-corrected chi connectivity index (χ2v) is 11.4. The Balaban J connectivity index is 1.47. The third kappa shape index (κ3) is 2.99. The van der Waals surface area contributed by atoms with E-state index < -0.39 is 10.0 Å². The minimum atomic E-state index is -3.45. The molecule has 7 nitrogen and oxygen atoms in total. The van der Waals surface area contributed by atoms with Crippen molar-refractivity contribution in [2.24, 2.45) is 16.7 Å². The van der Waals surface area contributed by atoms with Crippen molar-refractivity contribution >= 4 is 27.5 Å². The van der Waals surface area contributed by atoms with Gasteiger partial charge in [0, 0.05) is 36.8 Å². The van der Waals surface area contributed by atoms with Crippen molar-refractivity contribution in [3.8, 4) is 0 Å². The van der Waals surface area contributed by atoms with Gasteiger partial charge in [-0.15, -0.1) is 0 Å². The molecule has 29 heavy (non-hydrogen) atoms. The molecule has 3 fully saturated rings. The lowest BCUT2D eigenvalue weighted by molar-refractivity contribution is -0.116. The number of rotatable bonds is 4. The van der Waals surface area contributed by atoms with Gasteiger partial charge in [-0.2, -0.15) is 4.31 Å². The van der Waals surface area contributed by atoms with E-state index >= 15 is 0 Å². The van der Waals surface area contributed by atoms with E-state index in [0.717, 1.165) is 19.3 Å². The maximum absolute atomic E-state index is 12.9. The number of amides is 2. The van der Waals surface area contributed by atoms with Crippen LogP contribution in [0.15, 0.2) is 24.3 Å². The Morgan fingerprint density at radius 3 is 2.45 bits per heavy atom. The Morgan fingerprint density at radius 1 is 1.21 bits per heavy atom. The number of hydrogen-bond acceptors (Lipinski definition) is 4. The van der Waals surface area contributed by atoms with E-state index in [1.807, 2.05) is 0 Å². The van der Waals surface area contributed by atoms with Gasteiger partial charge in [0.15, 0.2) is 0 Å². The van der Waals surface area contributed by atoms with E-state index in [0.29, 0.717) is 17.2 Å².